The van der Waals surface area contributed by atoms with Gasteiger partial charge in [-0.15, -0.1) is 11.3 Å². The molecule has 0 radical (unpaired) electrons. The van der Waals surface area contributed by atoms with Crippen molar-refractivity contribution in [2.75, 3.05) is 31.1 Å². The zero-order valence-electron chi connectivity index (χ0n) is 11.2. The van der Waals surface area contributed by atoms with Gasteiger partial charge in [0.25, 0.3) is 5.91 Å². The highest BCUT2D eigenvalue weighted by Crippen LogP contribution is 2.25. The Bertz CT molecular complexity index is 640. The monoisotopic (exact) mass is 367 g/mol. The van der Waals surface area contributed by atoms with E-state index in [1.165, 1.54) is 6.07 Å². The number of phenolic OH excluding ortho intramolecular Hbond substituents is 1. The van der Waals surface area contributed by atoms with E-state index in [0.717, 1.165) is 18.2 Å². The van der Waals surface area contributed by atoms with Crippen molar-refractivity contribution < 1.29 is 9.90 Å². The van der Waals surface area contributed by atoms with Crippen LogP contribution in [0, 0.1) is 0 Å². The molecule has 0 bridgehead atoms. The standard InChI is InChI=1S/C14H14BrN3O2S/c15-11-2-1-10(9-12(11)19)13(20)17-4-6-18(7-5-17)14-16-3-8-21-14/h1-3,8-9,19H,4-7H2. The van der Waals surface area contributed by atoms with Crippen molar-refractivity contribution >= 4 is 38.3 Å². The number of thiazole rings is 1. The van der Waals surface area contributed by atoms with E-state index in [9.17, 15) is 9.90 Å². The molecule has 0 unspecified atom stereocenters. The minimum atomic E-state index is -0.0448. The number of piperazine rings is 1. The molecule has 7 heteroatoms. The lowest BCUT2D eigenvalue weighted by molar-refractivity contribution is 0.0746. The van der Waals surface area contributed by atoms with Crippen molar-refractivity contribution in [1.82, 2.24) is 9.88 Å². The van der Waals surface area contributed by atoms with Gasteiger partial charge < -0.3 is 14.9 Å². The van der Waals surface area contributed by atoms with Gasteiger partial charge in [0.1, 0.15) is 5.75 Å². The first-order valence-electron chi connectivity index (χ1n) is 6.57. The number of phenols is 1. The molecule has 0 saturated carbocycles. The van der Waals surface area contributed by atoms with Gasteiger partial charge >= 0.3 is 0 Å². The normalized spacial score (nSPS) is 15.3. The molecule has 2 aromatic rings. The van der Waals surface area contributed by atoms with Crippen molar-refractivity contribution in [3.63, 3.8) is 0 Å². The topological polar surface area (TPSA) is 56.7 Å². The van der Waals surface area contributed by atoms with Crippen molar-refractivity contribution in [1.29, 1.82) is 0 Å². The highest BCUT2D eigenvalue weighted by Gasteiger charge is 2.23. The summed E-state index contributed by atoms with van der Waals surface area (Å²) < 4.78 is 0.590. The molecule has 1 N–H and O–H groups in total. The second-order valence-electron chi connectivity index (χ2n) is 4.76. The van der Waals surface area contributed by atoms with Crippen LogP contribution in [-0.2, 0) is 0 Å². The number of carbonyl (C=O) groups excluding carboxylic acids is 1. The van der Waals surface area contributed by atoms with E-state index in [4.69, 9.17) is 0 Å². The zero-order valence-corrected chi connectivity index (χ0v) is 13.6. The largest absolute Gasteiger partial charge is 0.507 e. The fraction of sp³-hybridized carbons (Fsp3) is 0.286. The molecule has 3 rings (SSSR count). The lowest BCUT2D eigenvalue weighted by Crippen LogP contribution is -2.48. The number of aromatic hydroxyl groups is 1. The van der Waals surface area contributed by atoms with E-state index in [0.29, 0.717) is 23.1 Å². The summed E-state index contributed by atoms with van der Waals surface area (Å²) in [7, 11) is 0. The number of aromatic nitrogens is 1. The zero-order chi connectivity index (χ0) is 14.8. The van der Waals surface area contributed by atoms with E-state index in [1.54, 1.807) is 29.7 Å². The summed E-state index contributed by atoms with van der Waals surface area (Å²) in [6.07, 6.45) is 1.79. The molecule has 0 aliphatic carbocycles. The Hall–Kier alpha value is -1.60. The summed E-state index contributed by atoms with van der Waals surface area (Å²) >= 11 is 4.83. The average molecular weight is 368 g/mol. The number of hydrogen-bond donors (Lipinski definition) is 1. The maximum atomic E-state index is 12.4. The van der Waals surface area contributed by atoms with Crippen LogP contribution in [0.2, 0.25) is 0 Å². The van der Waals surface area contributed by atoms with Gasteiger partial charge in [-0.3, -0.25) is 4.79 Å². The van der Waals surface area contributed by atoms with Crippen LogP contribution in [0.4, 0.5) is 5.13 Å². The van der Waals surface area contributed by atoms with Crippen molar-refractivity contribution in [3.05, 3.63) is 39.8 Å². The van der Waals surface area contributed by atoms with Gasteiger partial charge in [-0.25, -0.2) is 4.98 Å². The number of carbonyl (C=O) groups is 1. The Morgan fingerprint density at radius 1 is 1.29 bits per heavy atom. The summed E-state index contributed by atoms with van der Waals surface area (Å²) in [5.74, 6) is 0.0406. The maximum absolute atomic E-state index is 12.4. The van der Waals surface area contributed by atoms with E-state index in [1.807, 2.05) is 10.3 Å². The fourth-order valence-electron chi connectivity index (χ4n) is 2.30. The predicted molar refractivity (Wildman–Crippen MR) is 86.0 cm³/mol. The van der Waals surface area contributed by atoms with Crippen molar-refractivity contribution in [2.45, 2.75) is 0 Å². The summed E-state index contributed by atoms with van der Waals surface area (Å²) in [5.41, 5.74) is 0.512. The number of halogens is 1. The van der Waals surface area contributed by atoms with Crippen LogP contribution in [0.5, 0.6) is 5.75 Å². The van der Waals surface area contributed by atoms with Gasteiger partial charge in [0.15, 0.2) is 5.13 Å². The number of benzene rings is 1. The molecule has 1 fully saturated rings. The molecule has 0 atom stereocenters. The molecule has 5 nitrogen and oxygen atoms in total. The highest BCUT2D eigenvalue weighted by atomic mass is 79.9. The lowest BCUT2D eigenvalue weighted by atomic mass is 10.1. The van der Waals surface area contributed by atoms with Crippen LogP contribution in [0.25, 0.3) is 0 Å². The Labute approximate surface area is 135 Å². The molecule has 0 spiro atoms. The third-order valence-corrected chi connectivity index (χ3v) is 4.95. The fourth-order valence-corrected chi connectivity index (χ4v) is 3.24. The Balaban J connectivity index is 1.66. The average Bonchev–Trinajstić information content (AvgIpc) is 3.04. The molecule has 110 valence electrons. The second kappa shape index (κ2) is 6.03. The van der Waals surface area contributed by atoms with Gasteiger partial charge in [0.05, 0.1) is 4.47 Å². The number of anilines is 1. The van der Waals surface area contributed by atoms with Crippen LogP contribution < -0.4 is 4.90 Å². The van der Waals surface area contributed by atoms with Crippen LogP contribution in [0.1, 0.15) is 10.4 Å². The van der Waals surface area contributed by atoms with Crippen LogP contribution in [0.3, 0.4) is 0 Å². The minimum Gasteiger partial charge on any atom is -0.507 e. The quantitative estimate of drug-likeness (QED) is 0.885. The number of nitrogens with zero attached hydrogens (tertiary/aromatic N) is 3. The van der Waals surface area contributed by atoms with E-state index >= 15 is 0 Å². The molecule has 1 amide bonds. The molecule has 1 saturated heterocycles. The minimum absolute atomic E-state index is 0.0448. The smallest absolute Gasteiger partial charge is 0.254 e. The van der Waals surface area contributed by atoms with Crippen LogP contribution in [0.15, 0.2) is 34.2 Å². The third kappa shape index (κ3) is 3.03. The lowest BCUT2D eigenvalue weighted by Gasteiger charge is -2.34. The maximum Gasteiger partial charge on any atom is 0.254 e. The third-order valence-electron chi connectivity index (χ3n) is 3.45. The van der Waals surface area contributed by atoms with Crippen LogP contribution in [-0.4, -0.2) is 47.1 Å². The number of amides is 1. The van der Waals surface area contributed by atoms with E-state index in [-0.39, 0.29) is 11.7 Å². The number of hydrogen-bond acceptors (Lipinski definition) is 5. The first kappa shape index (κ1) is 14.3. The molecule has 1 aliphatic heterocycles. The molecule has 21 heavy (non-hydrogen) atoms. The molecule has 1 aliphatic rings. The predicted octanol–water partition coefficient (Wildman–Crippen LogP) is 2.57. The Morgan fingerprint density at radius 2 is 2.05 bits per heavy atom. The number of rotatable bonds is 2. The molecule has 2 heterocycles. The highest BCUT2D eigenvalue weighted by molar-refractivity contribution is 9.10. The summed E-state index contributed by atoms with van der Waals surface area (Å²) in [6.45, 7) is 2.88. The molecule has 1 aromatic carbocycles. The Kier molecular flexibility index (Phi) is 4.12. The van der Waals surface area contributed by atoms with Crippen molar-refractivity contribution in [2.24, 2.45) is 0 Å². The van der Waals surface area contributed by atoms with E-state index < -0.39 is 0 Å². The summed E-state index contributed by atoms with van der Waals surface area (Å²) in [6, 6.07) is 4.91. The summed E-state index contributed by atoms with van der Waals surface area (Å²) in [4.78, 5) is 20.7. The van der Waals surface area contributed by atoms with Gasteiger partial charge in [-0.1, -0.05) is 0 Å². The summed E-state index contributed by atoms with van der Waals surface area (Å²) in [5, 5.41) is 12.6. The first-order valence-corrected chi connectivity index (χ1v) is 8.24. The Morgan fingerprint density at radius 3 is 2.67 bits per heavy atom. The van der Waals surface area contributed by atoms with Crippen molar-refractivity contribution in [3.8, 4) is 5.75 Å². The molecular weight excluding hydrogens is 354 g/mol. The van der Waals surface area contributed by atoms with Gasteiger partial charge in [0, 0.05) is 43.3 Å². The molecule has 1 aromatic heterocycles. The van der Waals surface area contributed by atoms with Gasteiger partial charge in [-0.2, -0.15) is 0 Å². The SMILES string of the molecule is O=C(c1ccc(Br)c(O)c1)N1CCN(c2nccs2)CC1. The van der Waals surface area contributed by atoms with Gasteiger partial charge in [0.2, 0.25) is 0 Å². The molecular formula is C14H14BrN3O2S. The van der Waals surface area contributed by atoms with Crippen LogP contribution >= 0.6 is 27.3 Å². The van der Waals surface area contributed by atoms with E-state index in [2.05, 4.69) is 25.8 Å². The first-order chi connectivity index (χ1) is 10.1. The van der Waals surface area contributed by atoms with Gasteiger partial charge in [-0.05, 0) is 34.1 Å². The second-order valence-corrected chi connectivity index (χ2v) is 6.49.